The van der Waals surface area contributed by atoms with E-state index in [1.54, 1.807) is 24.3 Å². The molecule has 1 aliphatic rings. The molecule has 1 aromatic carbocycles. The van der Waals surface area contributed by atoms with E-state index in [0.29, 0.717) is 18.7 Å². The molecule has 2 amide bonds. The van der Waals surface area contributed by atoms with Gasteiger partial charge in [0.2, 0.25) is 11.8 Å². The number of anilines is 1. The third-order valence-corrected chi connectivity index (χ3v) is 4.83. The molecule has 2 atom stereocenters. The molecule has 6 nitrogen and oxygen atoms in total. The zero-order chi connectivity index (χ0) is 17.3. The van der Waals surface area contributed by atoms with Crippen LogP contribution in [0.15, 0.2) is 24.3 Å². The summed E-state index contributed by atoms with van der Waals surface area (Å²) >= 11 is 0. The van der Waals surface area contributed by atoms with Gasteiger partial charge in [0, 0.05) is 24.1 Å². The molecule has 6 heteroatoms. The first-order valence-electron chi connectivity index (χ1n) is 7.80. The van der Waals surface area contributed by atoms with Gasteiger partial charge in [-0.2, -0.15) is 0 Å². The number of carbonyl (C=O) groups excluding carboxylic acids is 2. The molecule has 126 valence electrons. The Balaban J connectivity index is 2.03. The van der Waals surface area contributed by atoms with Crippen molar-refractivity contribution in [1.82, 2.24) is 0 Å². The maximum absolute atomic E-state index is 12.6. The number of carbonyl (C=O) groups is 2. The van der Waals surface area contributed by atoms with Gasteiger partial charge in [-0.15, -0.1) is 0 Å². The van der Waals surface area contributed by atoms with Gasteiger partial charge in [-0.25, -0.2) is 0 Å². The molecular formula is C17H25N3O3. The summed E-state index contributed by atoms with van der Waals surface area (Å²) in [5.41, 5.74) is 11.5. The van der Waals surface area contributed by atoms with Gasteiger partial charge < -0.3 is 21.5 Å². The molecule has 1 saturated carbocycles. The van der Waals surface area contributed by atoms with Crippen LogP contribution in [0, 0.1) is 5.41 Å². The Morgan fingerprint density at radius 1 is 1.30 bits per heavy atom. The van der Waals surface area contributed by atoms with Gasteiger partial charge in [0.1, 0.15) is 5.54 Å². The number of amides is 2. The van der Waals surface area contributed by atoms with Crippen LogP contribution in [0.5, 0.6) is 0 Å². The van der Waals surface area contributed by atoms with Gasteiger partial charge in [0.25, 0.3) is 0 Å². The quantitative estimate of drug-likeness (QED) is 0.732. The van der Waals surface area contributed by atoms with Crippen molar-refractivity contribution in [3.8, 4) is 0 Å². The Kier molecular flexibility index (Phi) is 4.77. The van der Waals surface area contributed by atoms with Gasteiger partial charge in [-0.05, 0) is 24.6 Å². The van der Waals surface area contributed by atoms with Crippen molar-refractivity contribution in [2.24, 2.45) is 16.9 Å². The Morgan fingerprint density at radius 2 is 1.91 bits per heavy atom. The summed E-state index contributed by atoms with van der Waals surface area (Å²) in [5, 5.41) is 2.85. The molecule has 0 saturated heterocycles. The van der Waals surface area contributed by atoms with Gasteiger partial charge in [-0.3, -0.25) is 9.59 Å². The Hall–Kier alpha value is -1.92. The fourth-order valence-corrected chi connectivity index (χ4v) is 2.97. The van der Waals surface area contributed by atoms with Crippen molar-refractivity contribution in [3.05, 3.63) is 29.8 Å². The molecule has 0 aromatic heterocycles. The molecule has 0 heterocycles. The standard InChI is InChI=1S/C17H25N3O3/c1-4-23-13-10-17(19,16(13,2)3)15(22)20-12-7-5-11(6-8-12)9-14(18)21/h5-8,13H,4,9-10,19H2,1-3H3,(H2,18,21)(H,20,22). The minimum atomic E-state index is -0.960. The monoisotopic (exact) mass is 319 g/mol. The Labute approximate surface area is 136 Å². The van der Waals surface area contributed by atoms with Gasteiger partial charge >= 0.3 is 0 Å². The molecule has 2 rings (SSSR count). The molecule has 1 fully saturated rings. The summed E-state index contributed by atoms with van der Waals surface area (Å²) in [5.74, 6) is -0.609. The minimum absolute atomic E-state index is 0.0128. The van der Waals surface area contributed by atoms with E-state index in [2.05, 4.69) is 5.32 Å². The van der Waals surface area contributed by atoms with Crippen molar-refractivity contribution >= 4 is 17.5 Å². The second-order valence-corrected chi connectivity index (χ2v) is 6.64. The highest BCUT2D eigenvalue weighted by molar-refractivity contribution is 5.99. The molecule has 0 bridgehead atoms. The number of hydrogen-bond acceptors (Lipinski definition) is 4. The van der Waals surface area contributed by atoms with E-state index >= 15 is 0 Å². The minimum Gasteiger partial charge on any atom is -0.378 e. The van der Waals surface area contributed by atoms with Crippen molar-refractivity contribution in [2.45, 2.75) is 45.3 Å². The second-order valence-electron chi connectivity index (χ2n) is 6.64. The maximum Gasteiger partial charge on any atom is 0.245 e. The molecule has 1 aromatic rings. The molecule has 0 radical (unpaired) electrons. The van der Waals surface area contributed by atoms with Crippen molar-refractivity contribution in [2.75, 3.05) is 11.9 Å². The summed E-state index contributed by atoms with van der Waals surface area (Å²) in [6.07, 6.45) is 0.665. The fraction of sp³-hybridized carbons (Fsp3) is 0.529. The van der Waals surface area contributed by atoms with Crippen LogP contribution in [0.3, 0.4) is 0 Å². The van der Waals surface area contributed by atoms with Crippen LogP contribution < -0.4 is 16.8 Å². The second kappa shape index (κ2) is 6.29. The highest BCUT2D eigenvalue weighted by Crippen LogP contribution is 2.50. The van der Waals surface area contributed by atoms with Gasteiger partial charge in [0.15, 0.2) is 0 Å². The highest BCUT2D eigenvalue weighted by Gasteiger charge is 2.62. The van der Waals surface area contributed by atoms with E-state index in [-0.39, 0.29) is 24.3 Å². The zero-order valence-corrected chi connectivity index (χ0v) is 13.9. The third-order valence-electron chi connectivity index (χ3n) is 4.83. The SMILES string of the molecule is CCOC1CC(N)(C(=O)Nc2ccc(CC(N)=O)cc2)C1(C)C. The lowest BCUT2D eigenvalue weighted by molar-refractivity contribution is -0.166. The van der Waals surface area contributed by atoms with Gasteiger partial charge in [0.05, 0.1) is 12.5 Å². The predicted molar refractivity (Wildman–Crippen MR) is 88.7 cm³/mol. The number of nitrogens with two attached hydrogens (primary N) is 2. The largest absolute Gasteiger partial charge is 0.378 e. The molecule has 1 aliphatic carbocycles. The Morgan fingerprint density at radius 3 is 2.39 bits per heavy atom. The lowest BCUT2D eigenvalue weighted by atomic mass is 9.54. The topological polar surface area (TPSA) is 107 Å². The van der Waals surface area contributed by atoms with Crippen LogP contribution in [0.1, 0.15) is 32.8 Å². The van der Waals surface area contributed by atoms with E-state index in [1.165, 1.54) is 0 Å². The summed E-state index contributed by atoms with van der Waals surface area (Å²) < 4.78 is 5.64. The lowest BCUT2D eigenvalue weighted by Crippen LogP contribution is -2.74. The first kappa shape index (κ1) is 17.4. The first-order chi connectivity index (χ1) is 10.7. The number of benzene rings is 1. The summed E-state index contributed by atoms with van der Waals surface area (Å²) in [6.45, 7) is 6.44. The third kappa shape index (κ3) is 3.23. The van der Waals surface area contributed by atoms with E-state index in [4.69, 9.17) is 16.2 Å². The number of primary amides is 1. The van der Waals surface area contributed by atoms with E-state index in [1.807, 2.05) is 20.8 Å². The normalized spacial score (nSPS) is 25.5. The summed E-state index contributed by atoms with van der Waals surface area (Å²) in [7, 11) is 0. The highest BCUT2D eigenvalue weighted by atomic mass is 16.5. The van der Waals surface area contributed by atoms with Crippen LogP contribution in [0.25, 0.3) is 0 Å². The predicted octanol–water partition coefficient (Wildman–Crippen LogP) is 1.19. The molecule has 0 aliphatic heterocycles. The average Bonchev–Trinajstić information content (AvgIpc) is 2.48. The number of hydrogen-bond donors (Lipinski definition) is 3. The van der Waals surface area contributed by atoms with E-state index in [9.17, 15) is 9.59 Å². The fourth-order valence-electron chi connectivity index (χ4n) is 2.97. The van der Waals surface area contributed by atoms with Crippen molar-refractivity contribution < 1.29 is 14.3 Å². The van der Waals surface area contributed by atoms with Crippen molar-refractivity contribution in [1.29, 1.82) is 0 Å². The lowest BCUT2D eigenvalue weighted by Gasteiger charge is -2.57. The molecule has 2 unspecified atom stereocenters. The summed E-state index contributed by atoms with van der Waals surface area (Å²) in [4.78, 5) is 23.5. The maximum atomic E-state index is 12.6. The van der Waals surface area contributed by atoms with Crippen LogP contribution in [-0.4, -0.2) is 30.1 Å². The van der Waals surface area contributed by atoms with E-state index < -0.39 is 11.0 Å². The van der Waals surface area contributed by atoms with Gasteiger partial charge in [-0.1, -0.05) is 26.0 Å². The number of rotatable bonds is 6. The van der Waals surface area contributed by atoms with E-state index in [0.717, 1.165) is 5.56 Å². The molecule has 5 N–H and O–H groups in total. The van der Waals surface area contributed by atoms with Crippen LogP contribution in [0.2, 0.25) is 0 Å². The Bertz CT molecular complexity index is 598. The molecule has 23 heavy (non-hydrogen) atoms. The molecule has 0 spiro atoms. The smallest absolute Gasteiger partial charge is 0.245 e. The summed E-state index contributed by atoms with van der Waals surface area (Å²) in [6, 6.07) is 7.01. The van der Waals surface area contributed by atoms with Crippen LogP contribution in [-0.2, 0) is 20.7 Å². The van der Waals surface area contributed by atoms with Crippen molar-refractivity contribution in [3.63, 3.8) is 0 Å². The first-order valence-corrected chi connectivity index (χ1v) is 7.80. The number of ether oxygens (including phenoxy) is 1. The average molecular weight is 319 g/mol. The zero-order valence-electron chi connectivity index (χ0n) is 13.9. The molecular weight excluding hydrogens is 294 g/mol. The van der Waals surface area contributed by atoms with Crippen LogP contribution in [0.4, 0.5) is 5.69 Å². The number of nitrogens with one attached hydrogen (secondary N) is 1. The van der Waals surface area contributed by atoms with Crippen LogP contribution >= 0.6 is 0 Å².